The highest BCUT2D eigenvalue weighted by molar-refractivity contribution is 7.88. The van der Waals surface area contributed by atoms with Gasteiger partial charge in [-0.1, -0.05) is 48.0 Å². The van der Waals surface area contributed by atoms with Crippen LogP contribution in [0.3, 0.4) is 0 Å². The second kappa shape index (κ2) is 8.27. The van der Waals surface area contributed by atoms with E-state index in [1.165, 1.54) is 10.6 Å². The van der Waals surface area contributed by atoms with Crippen LogP contribution < -0.4 is 5.32 Å². The average Bonchev–Trinajstić information content (AvgIpc) is 2.54. The predicted octanol–water partition coefficient (Wildman–Crippen LogP) is 3.09. The van der Waals surface area contributed by atoms with Gasteiger partial charge in [0.05, 0.1) is 6.26 Å². The molecule has 2 aromatic carbocycles. The fourth-order valence-electron chi connectivity index (χ4n) is 2.41. The zero-order valence-electron chi connectivity index (χ0n) is 14.8. The highest BCUT2D eigenvalue weighted by atomic mass is 32.2. The first-order valence-corrected chi connectivity index (χ1v) is 9.96. The number of nitrogens with one attached hydrogen (secondary N) is 1. The van der Waals surface area contributed by atoms with Crippen molar-refractivity contribution >= 4 is 21.6 Å². The Bertz CT molecular complexity index is 830. The lowest BCUT2D eigenvalue weighted by molar-refractivity contribution is -0.116. The molecule has 0 bridgehead atoms. The van der Waals surface area contributed by atoms with Crippen molar-refractivity contribution < 1.29 is 13.2 Å². The second-order valence-electron chi connectivity index (χ2n) is 6.20. The van der Waals surface area contributed by atoms with Crippen LogP contribution >= 0.6 is 0 Å². The first-order valence-electron chi connectivity index (χ1n) is 8.12. The number of sulfonamides is 1. The number of hydrogen-bond donors (Lipinski definition) is 1. The van der Waals surface area contributed by atoms with Crippen LogP contribution in [-0.4, -0.2) is 31.4 Å². The van der Waals surface area contributed by atoms with E-state index in [1.54, 1.807) is 0 Å². The molecule has 0 spiro atoms. The zero-order valence-corrected chi connectivity index (χ0v) is 15.6. The summed E-state index contributed by atoms with van der Waals surface area (Å²) in [7, 11) is -3.40. The summed E-state index contributed by atoms with van der Waals surface area (Å²) in [5.74, 6) is -0.202. The van der Waals surface area contributed by atoms with Gasteiger partial charge in [-0.25, -0.2) is 8.42 Å². The van der Waals surface area contributed by atoms with E-state index in [0.29, 0.717) is 0 Å². The summed E-state index contributed by atoms with van der Waals surface area (Å²) >= 11 is 0. The SMILES string of the molecule is Cc1ccc(CN(CCC(=O)Nc2ccccc2C)S(C)(=O)=O)cc1. The van der Waals surface area contributed by atoms with E-state index in [1.807, 2.05) is 62.4 Å². The van der Waals surface area contributed by atoms with Gasteiger partial charge in [-0.2, -0.15) is 4.31 Å². The van der Waals surface area contributed by atoms with Gasteiger partial charge in [0.1, 0.15) is 0 Å². The number of carbonyl (C=O) groups excluding carboxylic acids is 1. The Kier molecular flexibility index (Phi) is 6.33. The largest absolute Gasteiger partial charge is 0.326 e. The molecule has 2 aromatic rings. The molecule has 0 heterocycles. The first-order chi connectivity index (χ1) is 11.8. The summed E-state index contributed by atoms with van der Waals surface area (Å²) in [6, 6.07) is 15.2. The number of amides is 1. The van der Waals surface area contributed by atoms with Crippen molar-refractivity contribution in [1.82, 2.24) is 4.31 Å². The number of benzene rings is 2. The molecule has 2 rings (SSSR count). The van der Waals surface area contributed by atoms with Crippen LogP contribution in [0.2, 0.25) is 0 Å². The minimum atomic E-state index is -3.40. The van der Waals surface area contributed by atoms with Crippen LogP contribution in [-0.2, 0) is 21.4 Å². The van der Waals surface area contributed by atoms with Crippen LogP contribution in [0.4, 0.5) is 5.69 Å². The van der Waals surface area contributed by atoms with E-state index in [0.717, 1.165) is 22.4 Å². The zero-order chi connectivity index (χ0) is 18.4. The van der Waals surface area contributed by atoms with E-state index in [4.69, 9.17) is 0 Å². The van der Waals surface area contributed by atoms with Gasteiger partial charge in [-0.3, -0.25) is 4.79 Å². The fraction of sp³-hybridized carbons (Fsp3) is 0.316. The van der Waals surface area contributed by atoms with Gasteiger partial charge in [0, 0.05) is 25.2 Å². The minimum Gasteiger partial charge on any atom is -0.326 e. The number of hydrogen-bond acceptors (Lipinski definition) is 3. The standard InChI is InChI=1S/C19H24N2O3S/c1-15-8-10-17(11-9-15)14-21(25(3,23)24)13-12-19(22)20-18-7-5-4-6-16(18)2/h4-11H,12-14H2,1-3H3,(H,20,22). The molecule has 25 heavy (non-hydrogen) atoms. The van der Waals surface area contributed by atoms with Gasteiger partial charge in [0.25, 0.3) is 0 Å². The molecular weight excluding hydrogens is 336 g/mol. The first kappa shape index (κ1) is 19.1. The molecule has 0 unspecified atom stereocenters. The molecule has 134 valence electrons. The van der Waals surface area contributed by atoms with E-state index in [-0.39, 0.29) is 25.4 Å². The Morgan fingerprint density at radius 2 is 1.68 bits per heavy atom. The van der Waals surface area contributed by atoms with E-state index < -0.39 is 10.0 Å². The highest BCUT2D eigenvalue weighted by Crippen LogP contribution is 2.14. The lowest BCUT2D eigenvalue weighted by Crippen LogP contribution is -2.32. The molecule has 0 saturated heterocycles. The molecule has 1 amide bonds. The molecule has 0 aliphatic carbocycles. The summed E-state index contributed by atoms with van der Waals surface area (Å²) < 4.78 is 25.4. The Morgan fingerprint density at radius 1 is 1.04 bits per heavy atom. The molecule has 0 aromatic heterocycles. The topological polar surface area (TPSA) is 66.5 Å². The number of anilines is 1. The number of aryl methyl sites for hydroxylation is 2. The molecule has 5 nitrogen and oxygen atoms in total. The van der Waals surface area contributed by atoms with Crippen molar-refractivity contribution in [2.75, 3.05) is 18.1 Å². The van der Waals surface area contributed by atoms with Crippen LogP contribution in [0, 0.1) is 13.8 Å². The smallest absolute Gasteiger partial charge is 0.225 e. The third-order valence-corrected chi connectivity index (χ3v) is 5.21. The Hall–Kier alpha value is -2.18. The van der Waals surface area contributed by atoms with Gasteiger partial charge >= 0.3 is 0 Å². The lowest BCUT2D eigenvalue weighted by atomic mass is 10.1. The van der Waals surface area contributed by atoms with Crippen LogP contribution in [0.15, 0.2) is 48.5 Å². The minimum absolute atomic E-state index is 0.104. The average molecular weight is 360 g/mol. The van der Waals surface area contributed by atoms with Crippen molar-refractivity contribution in [2.24, 2.45) is 0 Å². The van der Waals surface area contributed by atoms with E-state index in [9.17, 15) is 13.2 Å². The maximum absolute atomic E-state index is 12.2. The van der Waals surface area contributed by atoms with Crippen LogP contribution in [0.1, 0.15) is 23.1 Å². The molecule has 0 fully saturated rings. The maximum Gasteiger partial charge on any atom is 0.225 e. The van der Waals surface area contributed by atoms with Crippen molar-refractivity contribution in [2.45, 2.75) is 26.8 Å². The summed E-state index contributed by atoms with van der Waals surface area (Å²) in [6.45, 7) is 4.30. The maximum atomic E-state index is 12.2. The highest BCUT2D eigenvalue weighted by Gasteiger charge is 2.18. The summed E-state index contributed by atoms with van der Waals surface area (Å²) in [4.78, 5) is 12.2. The van der Waals surface area contributed by atoms with E-state index >= 15 is 0 Å². The predicted molar refractivity (Wildman–Crippen MR) is 101 cm³/mol. The van der Waals surface area contributed by atoms with Crippen molar-refractivity contribution in [3.63, 3.8) is 0 Å². The quantitative estimate of drug-likeness (QED) is 0.825. The van der Waals surface area contributed by atoms with Crippen molar-refractivity contribution in [1.29, 1.82) is 0 Å². The van der Waals surface area contributed by atoms with E-state index in [2.05, 4.69) is 5.32 Å². The second-order valence-corrected chi connectivity index (χ2v) is 8.18. The van der Waals surface area contributed by atoms with Crippen molar-refractivity contribution in [3.8, 4) is 0 Å². The molecular formula is C19H24N2O3S. The van der Waals surface area contributed by atoms with Crippen molar-refractivity contribution in [3.05, 3.63) is 65.2 Å². The molecule has 0 radical (unpaired) electrons. The normalized spacial score (nSPS) is 11.5. The Labute approximate surface area is 149 Å². The van der Waals surface area contributed by atoms with Gasteiger partial charge in [0.2, 0.25) is 15.9 Å². The number of rotatable bonds is 7. The number of carbonyl (C=O) groups is 1. The Morgan fingerprint density at radius 3 is 2.28 bits per heavy atom. The molecule has 1 N–H and O–H groups in total. The van der Waals surface area contributed by atoms with Gasteiger partial charge in [-0.05, 0) is 31.0 Å². The van der Waals surface area contributed by atoms with Gasteiger partial charge < -0.3 is 5.32 Å². The molecule has 0 atom stereocenters. The summed E-state index contributed by atoms with van der Waals surface area (Å²) in [6.07, 6.45) is 1.27. The fourth-order valence-corrected chi connectivity index (χ4v) is 3.22. The third kappa shape index (κ3) is 5.99. The summed E-state index contributed by atoms with van der Waals surface area (Å²) in [5.41, 5.74) is 3.73. The molecule has 0 aliphatic heterocycles. The number of nitrogens with zero attached hydrogens (tertiary/aromatic N) is 1. The molecule has 6 heteroatoms. The monoisotopic (exact) mass is 360 g/mol. The Balaban J connectivity index is 1.99. The van der Waals surface area contributed by atoms with Gasteiger partial charge in [0.15, 0.2) is 0 Å². The number of para-hydroxylation sites is 1. The lowest BCUT2D eigenvalue weighted by Gasteiger charge is -2.20. The summed E-state index contributed by atoms with van der Waals surface area (Å²) in [5, 5.41) is 2.83. The molecule has 0 saturated carbocycles. The van der Waals surface area contributed by atoms with Crippen LogP contribution in [0.25, 0.3) is 0 Å². The van der Waals surface area contributed by atoms with Crippen LogP contribution in [0.5, 0.6) is 0 Å². The third-order valence-electron chi connectivity index (χ3n) is 3.96. The molecule has 0 aliphatic rings. The van der Waals surface area contributed by atoms with Gasteiger partial charge in [-0.15, -0.1) is 0 Å².